The van der Waals surface area contributed by atoms with Crippen LogP contribution in [0, 0.1) is 0 Å². The van der Waals surface area contributed by atoms with Crippen LogP contribution in [0.4, 0.5) is 29.5 Å². The molecule has 0 aromatic carbocycles. The van der Waals surface area contributed by atoms with E-state index >= 15 is 0 Å². The first-order valence-corrected chi connectivity index (χ1v) is 8.19. The van der Waals surface area contributed by atoms with Gasteiger partial charge < -0.3 is 10.6 Å². The second-order valence-corrected chi connectivity index (χ2v) is 6.01. The van der Waals surface area contributed by atoms with E-state index in [1.807, 2.05) is 0 Å². The number of rotatable bonds is 4. The van der Waals surface area contributed by atoms with E-state index in [9.17, 15) is 22.8 Å². The smallest absolute Gasteiger partial charge is 0.331 e. The van der Waals surface area contributed by atoms with Gasteiger partial charge in [0.1, 0.15) is 13.1 Å². The molecule has 0 spiro atoms. The van der Waals surface area contributed by atoms with E-state index < -0.39 is 24.8 Å². The highest BCUT2D eigenvalue weighted by Gasteiger charge is 2.31. The second kappa shape index (κ2) is 7.25. The molecule has 3 amide bonds. The normalized spacial score (nSPS) is 15.1. The maximum atomic E-state index is 12.7. The zero-order chi connectivity index (χ0) is 19.6. The summed E-state index contributed by atoms with van der Waals surface area (Å²) in [5.41, 5.74) is 0.854. The van der Waals surface area contributed by atoms with Crippen molar-refractivity contribution in [3.63, 3.8) is 0 Å². The molecule has 3 rings (SSSR count). The molecule has 0 bridgehead atoms. The summed E-state index contributed by atoms with van der Waals surface area (Å²) in [4.78, 5) is 29.8. The van der Waals surface area contributed by atoms with Crippen molar-refractivity contribution in [1.82, 2.24) is 20.1 Å². The summed E-state index contributed by atoms with van der Waals surface area (Å²) in [5.74, 6) is -0.0612. The summed E-state index contributed by atoms with van der Waals surface area (Å²) in [6, 6.07) is 2.12. The lowest BCUT2D eigenvalue weighted by Crippen LogP contribution is -2.48. The summed E-state index contributed by atoms with van der Waals surface area (Å²) >= 11 is 0. The van der Waals surface area contributed by atoms with Gasteiger partial charge in [-0.1, -0.05) is 6.92 Å². The fraction of sp³-hybridized carbons (Fsp3) is 0.375. The highest BCUT2D eigenvalue weighted by atomic mass is 19.4. The second-order valence-electron chi connectivity index (χ2n) is 6.01. The molecule has 1 unspecified atom stereocenters. The molecular weight excluding hydrogens is 365 g/mol. The Morgan fingerprint density at radius 2 is 2.22 bits per heavy atom. The standard InChI is InChI=1S/C16H17F3N6O2/c1-2-11(10-6-21-24(7-10)9-16(17,18)19)23-15(27)25-8-13(26)22-12-4-3-5-20-14(12)25/h3-7,11H,2,8-9H2,1H3,(H,22,26)(H,23,27). The van der Waals surface area contributed by atoms with Crippen LogP contribution in [0.5, 0.6) is 0 Å². The lowest BCUT2D eigenvalue weighted by atomic mass is 10.1. The molecule has 0 aliphatic carbocycles. The fourth-order valence-electron chi connectivity index (χ4n) is 2.76. The molecule has 2 aromatic rings. The number of halogens is 3. The van der Waals surface area contributed by atoms with Crippen LogP contribution < -0.4 is 15.5 Å². The number of nitrogens with one attached hydrogen (secondary N) is 2. The number of carbonyl (C=O) groups is 2. The molecular formula is C16H17F3N6O2. The average molecular weight is 382 g/mol. The van der Waals surface area contributed by atoms with Crippen LogP contribution >= 0.6 is 0 Å². The largest absolute Gasteiger partial charge is 0.408 e. The summed E-state index contributed by atoms with van der Waals surface area (Å²) in [6.07, 6.45) is 0.0742. The van der Waals surface area contributed by atoms with Crippen LogP contribution in [0.2, 0.25) is 0 Å². The quantitative estimate of drug-likeness (QED) is 0.850. The monoisotopic (exact) mass is 382 g/mol. The van der Waals surface area contributed by atoms with Crippen molar-refractivity contribution >= 4 is 23.4 Å². The molecule has 1 aliphatic rings. The van der Waals surface area contributed by atoms with Crippen LogP contribution in [0.1, 0.15) is 24.9 Å². The predicted molar refractivity (Wildman–Crippen MR) is 90.1 cm³/mol. The van der Waals surface area contributed by atoms with Crippen LogP contribution in [0.3, 0.4) is 0 Å². The Balaban J connectivity index is 1.75. The Morgan fingerprint density at radius 1 is 1.44 bits per heavy atom. The molecule has 8 nitrogen and oxygen atoms in total. The predicted octanol–water partition coefficient (Wildman–Crippen LogP) is 2.46. The zero-order valence-corrected chi connectivity index (χ0v) is 14.3. The first-order chi connectivity index (χ1) is 12.8. The molecule has 0 fully saturated rings. The number of hydrogen-bond acceptors (Lipinski definition) is 4. The number of hydrogen-bond donors (Lipinski definition) is 2. The maximum absolute atomic E-state index is 12.7. The molecule has 0 radical (unpaired) electrons. The minimum Gasteiger partial charge on any atom is -0.331 e. The number of alkyl halides is 3. The Kier molecular flexibility index (Phi) is 5.02. The van der Waals surface area contributed by atoms with Crippen LogP contribution in [0.25, 0.3) is 0 Å². The Labute approximate surface area is 152 Å². The molecule has 11 heteroatoms. The van der Waals surface area contributed by atoms with Crippen molar-refractivity contribution < 1.29 is 22.8 Å². The van der Waals surface area contributed by atoms with Gasteiger partial charge in [-0.2, -0.15) is 18.3 Å². The maximum Gasteiger partial charge on any atom is 0.408 e. The number of urea groups is 1. The molecule has 1 atom stereocenters. The highest BCUT2D eigenvalue weighted by Crippen LogP contribution is 2.27. The first kappa shape index (κ1) is 18.7. The molecule has 0 saturated heterocycles. The van der Waals surface area contributed by atoms with Gasteiger partial charge in [0, 0.05) is 18.0 Å². The van der Waals surface area contributed by atoms with Gasteiger partial charge >= 0.3 is 12.2 Å². The van der Waals surface area contributed by atoms with Crippen LogP contribution in [-0.4, -0.2) is 39.4 Å². The van der Waals surface area contributed by atoms with Gasteiger partial charge in [0.25, 0.3) is 0 Å². The van der Waals surface area contributed by atoms with Crippen molar-refractivity contribution in [1.29, 1.82) is 0 Å². The molecule has 2 N–H and O–H groups in total. The van der Waals surface area contributed by atoms with Gasteiger partial charge in [-0.3, -0.25) is 14.4 Å². The third-order valence-corrected chi connectivity index (χ3v) is 3.97. The molecule has 1 aliphatic heterocycles. The van der Waals surface area contributed by atoms with Crippen molar-refractivity contribution in [3.8, 4) is 0 Å². The minimum absolute atomic E-state index is 0.209. The third-order valence-electron chi connectivity index (χ3n) is 3.97. The first-order valence-electron chi connectivity index (χ1n) is 8.19. The SMILES string of the molecule is CCC(NC(=O)N1CC(=O)Nc2cccnc21)c1cnn(CC(F)(F)F)c1. The van der Waals surface area contributed by atoms with E-state index in [0.29, 0.717) is 23.5 Å². The Morgan fingerprint density at radius 3 is 2.93 bits per heavy atom. The molecule has 2 aromatic heterocycles. The van der Waals surface area contributed by atoms with E-state index in [4.69, 9.17) is 0 Å². The van der Waals surface area contributed by atoms with E-state index in [0.717, 1.165) is 4.68 Å². The molecule has 144 valence electrons. The van der Waals surface area contributed by atoms with Crippen molar-refractivity contribution in [2.24, 2.45) is 0 Å². The van der Waals surface area contributed by atoms with E-state index in [-0.39, 0.29) is 12.5 Å². The van der Waals surface area contributed by atoms with Gasteiger partial charge in [-0.15, -0.1) is 0 Å². The van der Waals surface area contributed by atoms with Gasteiger partial charge in [-0.05, 0) is 18.6 Å². The highest BCUT2D eigenvalue weighted by molar-refractivity contribution is 6.08. The number of aromatic nitrogens is 3. The fourth-order valence-corrected chi connectivity index (χ4v) is 2.76. The van der Waals surface area contributed by atoms with Crippen LogP contribution in [0.15, 0.2) is 30.7 Å². The van der Waals surface area contributed by atoms with Gasteiger partial charge in [0.2, 0.25) is 5.91 Å². The Hall–Kier alpha value is -3.11. The Bertz CT molecular complexity index is 851. The number of carbonyl (C=O) groups excluding carboxylic acids is 2. The summed E-state index contributed by atoms with van der Waals surface area (Å²) in [5, 5.41) is 9.04. The third kappa shape index (κ3) is 4.36. The zero-order valence-electron chi connectivity index (χ0n) is 14.3. The summed E-state index contributed by atoms with van der Waals surface area (Å²) in [6.45, 7) is 0.363. The van der Waals surface area contributed by atoms with Gasteiger partial charge in [0.15, 0.2) is 5.82 Å². The molecule has 3 heterocycles. The molecule has 0 saturated carbocycles. The van der Waals surface area contributed by atoms with Crippen molar-refractivity contribution in [2.45, 2.75) is 32.1 Å². The van der Waals surface area contributed by atoms with Gasteiger partial charge in [0.05, 0.1) is 17.9 Å². The lowest BCUT2D eigenvalue weighted by molar-refractivity contribution is -0.142. The number of amides is 3. The van der Waals surface area contributed by atoms with E-state index in [1.165, 1.54) is 23.5 Å². The van der Waals surface area contributed by atoms with E-state index in [2.05, 4.69) is 20.7 Å². The van der Waals surface area contributed by atoms with Crippen molar-refractivity contribution in [3.05, 3.63) is 36.3 Å². The van der Waals surface area contributed by atoms with E-state index in [1.54, 1.807) is 19.1 Å². The van der Waals surface area contributed by atoms with Gasteiger partial charge in [-0.25, -0.2) is 9.78 Å². The summed E-state index contributed by atoms with van der Waals surface area (Å²) < 4.78 is 38.2. The number of anilines is 2. The molecule has 27 heavy (non-hydrogen) atoms. The average Bonchev–Trinajstić information content (AvgIpc) is 3.04. The number of nitrogens with zero attached hydrogens (tertiary/aromatic N) is 4. The number of fused-ring (bicyclic) bond motifs is 1. The topological polar surface area (TPSA) is 92.2 Å². The summed E-state index contributed by atoms with van der Waals surface area (Å²) in [7, 11) is 0. The minimum atomic E-state index is -4.38. The number of pyridine rings is 1. The lowest BCUT2D eigenvalue weighted by Gasteiger charge is -2.29. The van der Waals surface area contributed by atoms with Crippen LogP contribution in [-0.2, 0) is 11.3 Å². The van der Waals surface area contributed by atoms with Crippen molar-refractivity contribution in [2.75, 3.05) is 16.8 Å².